The first-order valence-electron chi connectivity index (χ1n) is 6.48. The Morgan fingerprint density at radius 3 is 2.81 bits per heavy atom. The number of rotatable bonds is 6. The monoisotopic (exact) mass is 344 g/mol. The zero-order chi connectivity index (χ0) is 15.4. The Hall–Kier alpha value is -1.31. The number of nitrogen functional groups attached to an aromatic ring is 1. The number of nitrogens with zero attached hydrogens (tertiary/aromatic N) is 1. The van der Waals surface area contributed by atoms with E-state index < -0.39 is 0 Å². The molecule has 5 nitrogen and oxygen atoms in total. The van der Waals surface area contributed by atoms with Crippen molar-refractivity contribution in [2.45, 2.75) is 20.4 Å². The van der Waals surface area contributed by atoms with Crippen LogP contribution >= 0.6 is 34.3 Å². The lowest BCUT2D eigenvalue weighted by atomic mass is 10.2. The SMILES string of the molecule is CC(C)CNc1nc(N)c(C(=O)NCc2ccc(Cl)s2)s1. The Balaban J connectivity index is 1.95. The van der Waals surface area contributed by atoms with Crippen LogP contribution in [0.2, 0.25) is 4.34 Å². The normalized spacial score (nSPS) is 10.9. The van der Waals surface area contributed by atoms with E-state index in [0.717, 1.165) is 11.4 Å². The highest BCUT2D eigenvalue weighted by Gasteiger charge is 2.16. The van der Waals surface area contributed by atoms with E-state index in [1.807, 2.05) is 12.1 Å². The number of aromatic nitrogens is 1. The molecule has 21 heavy (non-hydrogen) atoms. The quantitative estimate of drug-likeness (QED) is 0.750. The third kappa shape index (κ3) is 4.59. The van der Waals surface area contributed by atoms with E-state index in [2.05, 4.69) is 29.5 Å². The summed E-state index contributed by atoms with van der Waals surface area (Å²) in [6.45, 7) is 5.43. The highest BCUT2D eigenvalue weighted by molar-refractivity contribution is 7.18. The average Bonchev–Trinajstić information content (AvgIpc) is 3.00. The maximum absolute atomic E-state index is 12.1. The third-order valence-electron chi connectivity index (χ3n) is 2.57. The van der Waals surface area contributed by atoms with Crippen molar-refractivity contribution in [1.82, 2.24) is 10.3 Å². The lowest BCUT2D eigenvalue weighted by Crippen LogP contribution is -2.22. The summed E-state index contributed by atoms with van der Waals surface area (Å²) in [4.78, 5) is 17.7. The van der Waals surface area contributed by atoms with Crippen LogP contribution in [0.1, 0.15) is 28.4 Å². The van der Waals surface area contributed by atoms with E-state index in [1.165, 1.54) is 22.7 Å². The number of nitrogens with one attached hydrogen (secondary N) is 2. The molecule has 0 saturated heterocycles. The molecule has 2 heterocycles. The van der Waals surface area contributed by atoms with Gasteiger partial charge in [0.05, 0.1) is 10.9 Å². The van der Waals surface area contributed by atoms with E-state index in [-0.39, 0.29) is 11.7 Å². The molecule has 2 rings (SSSR count). The molecular weight excluding hydrogens is 328 g/mol. The fourth-order valence-corrected chi connectivity index (χ4v) is 3.39. The Labute approximate surface area is 136 Å². The summed E-state index contributed by atoms with van der Waals surface area (Å²) in [5, 5.41) is 6.66. The smallest absolute Gasteiger partial charge is 0.265 e. The number of halogens is 1. The molecule has 0 radical (unpaired) electrons. The molecule has 0 aliphatic carbocycles. The molecule has 0 saturated carbocycles. The van der Waals surface area contributed by atoms with Gasteiger partial charge >= 0.3 is 0 Å². The average molecular weight is 345 g/mol. The summed E-state index contributed by atoms with van der Waals surface area (Å²) in [6, 6.07) is 3.70. The minimum absolute atomic E-state index is 0.216. The zero-order valence-electron chi connectivity index (χ0n) is 11.8. The molecule has 2 aromatic rings. The van der Waals surface area contributed by atoms with Crippen molar-refractivity contribution in [2.24, 2.45) is 5.92 Å². The van der Waals surface area contributed by atoms with E-state index in [4.69, 9.17) is 17.3 Å². The van der Waals surface area contributed by atoms with Crippen LogP contribution in [0.5, 0.6) is 0 Å². The Bertz CT molecular complexity index is 623. The van der Waals surface area contributed by atoms with Crippen molar-refractivity contribution in [1.29, 1.82) is 0 Å². The summed E-state index contributed by atoms with van der Waals surface area (Å²) >= 11 is 8.56. The number of carbonyl (C=O) groups excluding carboxylic acids is 1. The fraction of sp³-hybridized carbons (Fsp3) is 0.385. The van der Waals surface area contributed by atoms with Crippen LogP contribution < -0.4 is 16.4 Å². The molecule has 0 aromatic carbocycles. The number of amides is 1. The second-order valence-electron chi connectivity index (χ2n) is 4.90. The van der Waals surface area contributed by atoms with Gasteiger partial charge < -0.3 is 16.4 Å². The highest BCUT2D eigenvalue weighted by Crippen LogP contribution is 2.25. The van der Waals surface area contributed by atoms with E-state index >= 15 is 0 Å². The number of hydrogen-bond donors (Lipinski definition) is 3. The van der Waals surface area contributed by atoms with Gasteiger partial charge in [0.1, 0.15) is 10.7 Å². The van der Waals surface area contributed by atoms with Gasteiger partial charge in [-0.1, -0.05) is 36.8 Å². The van der Waals surface area contributed by atoms with Crippen molar-refractivity contribution in [3.05, 3.63) is 26.2 Å². The van der Waals surface area contributed by atoms with Gasteiger partial charge in [0.25, 0.3) is 5.91 Å². The van der Waals surface area contributed by atoms with Gasteiger partial charge in [0.2, 0.25) is 0 Å². The molecular formula is C13H17ClN4OS2. The first-order chi connectivity index (χ1) is 9.95. The summed E-state index contributed by atoms with van der Waals surface area (Å²) in [7, 11) is 0. The molecule has 0 fully saturated rings. The van der Waals surface area contributed by atoms with Crippen LogP contribution in [-0.4, -0.2) is 17.4 Å². The van der Waals surface area contributed by atoms with Gasteiger partial charge in [-0.15, -0.1) is 11.3 Å². The first kappa shape index (κ1) is 16.1. The fourth-order valence-electron chi connectivity index (χ4n) is 1.56. The van der Waals surface area contributed by atoms with Crippen LogP contribution in [-0.2, 0) is 6.54 Å². The molecule has 0 aliphatic heterocycles. The largest absolute Gasteiger partial charge is 0.382 e. The number of thiophene rings is 1. The second kappa shape index (κ2) is 7.11. The Morgan fingerprint density at radius 1 is 1.43 bits per heavy atom. The van der Waals surface area contributed by atoms with Crippen molar-refractivity contribution >= 4 is 51.1 Å². The summed E-state index contributed by atoms with van der Waals surface area (Å²) in [5.41, 5.74) is 5.80. The molecule has 0 spiro atoms. The number of thiazole rings is 1. The topological polar surface area (TPSA) is 80.0 Å². The van der Waals surface area contributed by atoms with Crippen molar-refractivity contribution in [3.8, 4) is 0 Å². The maximum atomic E-state index is 12.1. The lowest BCUT2D eigenvalue weighted by molar-refractivity contribution is 0.0956. The Morgan fingerprint density at radius 2 is 2.19 bits per heavy atom. The van der Waals surface area contributed by atoms with Crippen LogP contribution in [0.4, 0.5) is 10.9 Å². The van der Waals surface area contributed by atoms with E-state index in [9.17, 15) is 4.79 Å². The lowest BCUT2D eigenvalue weighted by Gasteiger charge is -2.04. The van der Waals surface area contributed by atoms with Crippen LogP contribution in [0, 0.1) is 5.92 Å². The third-order valence-corrected chi connectivity index (χ3v) is 4.83. The summed E-state index contributed by atoms with van der Waals surface area (Å²) < 4.78 is 0.705. The summed E-state index contributed by atoms with van der Waals surface area (Å²) in [6.07, 6.45) is 0. The molecule has 114 valence electrons. The standard InChI is InChI=1S/C13H17ClN4OS2/c1-7(2)5-17-13-18-11(15)10(21-13)12(19)16-6-8-3-4-9(14)20-8/h3-4,7H,5-6,15H2,1-2H3,(H,16,19)(H,17,18). The molecule has 0 unspecified atom stereocenters. The van der Waals surface area contributed by atoms with Crippen LogP contribution in [0.15, 0.2) is 12.1 Å². The number of hydrogen-bond acceptors (Lipinski definition) is 6. The number of nitrogens with two attached hydrogens (primary N) is 1. The summed E-state index contributed by atoms with van der Waals surface area (Å²) in [5.74, 6) is 0.538. The highest BCUT2D eigenvalue weighted by atomic mass is 35.5. The molecule has 0 bridgehead atoms. The van der Waals surface area contributed by atoms with Gasteiger partial charge in [-0.3, -0.25) is 4.79 Å². The molecule has 0 atom stereocenters. The molecule has 1 amide bonds. The minimum Gasteiger partial charge on any atom is -0.382 e. The molecule has 4 N–H and O–H groups in total. The Kier molecular flexibility index (Phi) is 5.44. The van der Waals surface area contributed by atoms with Gasteiger partial charge in [0, 0.05) is 11.4 Å². The molecule has 2 aromatic heterocycles. The van der Waals surface area contributed by atoms with Crippen molar-refractivity contribution in [3.63, 3.8) is 0 Å². The molecule has 0 aliphatic rings. The van der Waals surface area contributed by atoms with Gasteiger partial charge in [-0.2, -0.15) is 0 Å². The van der Waals surface area contributed by atoms with E-state index in [1.54, 1.807) is 0 Å². The van der Waals surface area contributed by atoms with Gasteiger partial charge in [0.15, 0.2) is 5.13 Å². The predicted molar refractivity (Wildman–Crippen MR) is 90.4 cm³/mol. The van der Waals surface area contributed by atoms with Crippen molar-refractivity contribution in [2.75, 3.05) is 17.6 Å². The van der Waals surface area contributed by atoms with Gasteiger partial charge in [-0.25, -0.2) is 4.98 Å². The number of carbonyl (C=O) groups is 1. The predicted octanol–water partition coefficient (Wildman–Crippen LogP) is 3.44. The first-order valence-corrected chi connectivity index (χ1v) is 8.49. The van der Waals surface area contributed by atoms with Crippen LogP contribution in [0.25, 0.3) is 0 Å². The van der Waals surface area contributed by atoms with E-state index in [0.29, 0.717) is 26.8 Å². The zero-order valence-corrected chi connectivity index (χ0v) is 14.2. The van der Waals surface area contributed by atoms with Crippen LogP contribution in [0.3, 0.4) is 0 Å². The minimum atomic E-state index is -0.216. The van der Waals surface area contributed by atoms with Gasteiger partial charge in [-0.05, 0) is 18.1 Å². The second-order valence-corrected chi connectivity index (χ2v) is 7.70. The van der Waals surface area contributed by atoms with Crippen molar-refractivity contribution < 1.29 is 4.79 Å². The maximum Gasteiger partial charge on any atom is 0.265 e. The molecule has 8 heteroatoms. The number of anilines is 2.